The molecule has 1 N–H and O–H groups in total. The Balaban J connectivity index is 1.55. The van der Waals surface area contributed by atoms with Gasteiger partial charge in [-0.2, -0.15) is 0 Å². The molecule has 0 bridgehead atoms. The first kappa shape index (κ1) is 17.3. The second-order valence-corrected chi connectivity index (χ2v) is 6.32. The van der Waals surface area contributed by atoms with Crippen LogP contribution in [0.2, 0.25) is 0 Å². The third kappa shape index (κ3) is 4.51. The molecule has 0 fully saturated rings. The molecule has 2 aromatic carbocycles. The maximum Gasteiger partial charge on any atom is 0.208 e. The lowest BCUT2D eigenvalue weighted by atomic mass is 10.2. The molecule has 7 heteroatoms. The van der Waals surface area contributed by atoms with Gasteiger partial charge in [0.2, 0.25) is 5.16 Å². The fraction of sp³-hybridized carbons (Fsp3) is 0.222. The van der Waals surface area contributed by atoms with Crippen LogP contribution in [-0.2, 0) is 12.4 Å². The Bertz CT molecular complexity index is 854. The van der Waals surface area contributed by atoms with E-state index < -0.39 is 0 Å². The van der Waals surface area contributed by atoms with Gasteiger partial charge in [0.1, 0.15) is 12.4 Å². The maximum atomic E-state index is 13.7. The predicted octanol–water partition coefficient (Wildman–Crippen LogP) is 4.13. The molecule has 0 amide bonds. The molecule has 3 rings (SSSR count). The van der Waals surface area contributed by atoms with Crippen molar-refractivity contribution in [3.05, 3.63) is 65.2 Å². The summed E-state index contributed by atoms with van der Waals surface area (Å²) in [6.07, 6.45) is 0. The molecule has 130 valence electrons. The van der Waals surface area contributed by atoms with E-state index in [1.807, 2.05) is 37.3 Å². The Kier molecular flexibility index (Phi) is 5.55. The number of methoxy groups -OCH3 is 1. The molecule has 3 aromatic rings. The van der Waals surface area contributed by atoms with E-state index in [0.29, 0.717) is 23.3 Å². The highest BCUT2D eigenvalue weighted by Crippen LogP contribution is 2.24. The Hall–Kier alpha value is -2.54. The number of ether oxygens (including phenoxy) is 2. The van der Waals surface area contributed by atoms with Gasteiger partial charge < -0.3 is 9.47 Å². The van der Waals surface area contributed by atoms with E-state index in [4.69, 9.17) is 9.47 Å². The van der Waals surface area contributed by atoms with Crippen molar-refractivity contribution in [2.24, 2.45) is 0 Å². The van der Waals surface area contributed by atoms with Crippen LogP contribution in [0.4, 0.5) is 4.39 Å². The topological polar surface area (TPSA) is 60.0 Å². The zero-order valence-electron chi connectivity index (χ0n) is 14.0. The molecule has 5 nitrogen and oxygen atoms in total. The monoisotopic (exact) mass is 359 g/mol. The molecule has 0 saturated carbocycles. The van der Waals surface area contributed by atoms with Gasteiger partial charge in [-0.3, -0.25) is 5.10 Å². The van der Waals surface area contributed by atoms with Gasteiger partial charge in [0.25, 0.3) is 0 Å². The zero-order chi connectivity index (χ0) is 17.6. The van der Waals surface area contributed by atoms with Crippen LogP contribution in [-0.4, -0.2) is 22.3 Å². The summed E-state index contributed by atoms with van der Waals surface area (Å²) in [5.41, 5.74) is 1.91. The van der Waals surface area contributed by atoms with Gasteiger partial charge in [0.15, 0.2) is 17.4 Å². The SMILES string of the molecule is COc1ccc(CSc2n[nH]c(COc3ccccc3C)n2)cc1F. The average Bonchev–Trinajstić information content (AvgIpc) is 3.07. The molecule has 0 atom stereocenters. The molecule has 0 radical (unpaired) electrons. The van der Waals surface area contributed by atoms with Gasteiger partial charge in [-0.25, -0.2) is 9.37 Å². The van der Waals surface area contributed by atoms with Crippen molar-refractivity contribution in [2.45, 2.75) is 24.4 Å². The zero-order valence-corrected chi connectivity index (χ0v) is 14.8. The fourth-order valence-corrected chi connectivity index (χ4v) is 2.98. The van der Waals surface area contributed by atoms with Crippen LogP contribution in [0.1, 0.15) is 17.0 Å². The molecular formula is C18H18FN3O2S. The first-order valence-electron chi connectivity index (χ1n) is 7.70. The third-order valence-corrected chi connectivity index (χ3v) is 4.47. The van der Waals surface area contributed by atoms with Gasteiger partial charge in [0.05, 0.1) is 7.11 Å². The van der Waals surface area contributed by atoms with Gasteiger partial charge >= 0.3 is 0 Å². The number of nitrogens with zero attached hydrogens (tertiary/aromatic N) is 2. The Morgan fingerprint density at radius 1 is 1.16 bits per heavy atom. The lowest BCUT2D eigenvalue weighted by Crippen LogP contribution is -1.98. The number of rotatable bonds is 7. The number of hydrogen-bond acceptors (Lipinski definition) is 5. The highest BCUT2D eigenvalue weighted by atomic mass is 32.2. The summed E-state index contributed by atoms with van der Waals surface area (Å²) >= 11 is 1.42. The summed E-state index contributed by atoms with van der Waals surface area (Å²) < 4.78 is 24.3. The minimum Gasteiger partial charge on any atom is -0.494 e. The fourth-order valence-electron chi connectivity index (χ4n) is 2.22. The quantitative estimate of drug-likeness (QED) is 0.643. The molecule has 25 heavy (non-hydrogen) atoms. The summed E-state index contributed by atoms with van der Waals surface area (Å²) in [6, 6.07) is 12.7. The Morgan fingerprint density at radius 2 is 2.00 bits per heavy atom. The Labute approximate surface area is 149 Å². The van der Waals surface area contributed by atoms with Crippen molar-refractivity contribution in [3.8, 4) is 11.5 Å². The summed E-state index contributed by atoms with van der Waals surface area (Å²) in [4.78, 5) is 4.38. The molecule has 0 spiro atoms. The molecule has 0 unspecified atom stereocenters. The van der Waals surface area contributed by atoms with Crippen molar-refractivity contribution in [1.82, 2.24) is 15.2 Å². The smallest absolute Gasteiger partial charge is 0.208 e. The summed E-state index contributed by atoms with van der Waals surface area (Å²) in [5, 5.41) is 7.61. The van der Waals surface area contributed by atoms with E-state index in [9.17, 15) is 4.39 Å². The number of aryl methyl sites for hydroxylation is 1. The molecular weight excluding hydrogens is 341 g/mol. The first-order valence-corrected chi connectivity index (χ1v) is 8.69. The number of thioether (sulfide) groups is 1. The second kappa shape index (κ2) is 8.02. The summed E-state index contributed by atoms with van der Waals surface area (Å²) in [7, 11) is 1.45. The van der Waals surface area contributed by atoms with E-state index in [0.717, 1.165) is 16.9 Å². The number of H-pyrrole nitrogens is 1. The molecule has 0 aliphatic heterocycles. The molecule has 0 saturated heterocycles. The van der Waals surface area contributed by atoms with E-state index in [1.165, 1.54) is 24.9 Å². The molecule has 1 heterocycles. The van der Waals surface area contributed by atoms with Gasteiger partial charge in [-0.15, -0.1) is 5.10 Å². The number of hydrogen-bond donors (Lipinski definition) is 1. The van der Waals surface area contributed by atoms with Gasteiger partial charge in [-0.1, -0.05) is 36.0 Å². The van der Waals surface area contributed by atoms with E-state index >= 15 is 0 Å². The van der Waals surface area contributed by atoms with Gasteiger partial charge in [-0.05, 0) is 36.2 Å². The number of nitrogens with one attached hydrogen (secondary N) is 1. The lowest BCUT2D eigenvalue weighted by Gasteiger charge is -2.06. The number of para-hydroxylation sites is 1. The standard InChI is InChI=1S/C18H18FN3O2S/c1-12-5-3-4-6-15(12)24-10-17-20-18(22-21-17)25-11-13-7-8-16(23-2)14(19)9-13/h3-9H,10-11H2,1-2H3,(H,20,21,22). The van der Waals surface area contributed by atoms with Crippen molar-refractivity contribution in [3.63, 3.8) is 0 Å². The van der Waals surface area contributed by atoms with Crippen LogP contribution in [0, 0.1) is 12.7 Å². The minimum atomic E-state index is -0.372. The van der Waals surface area contributed by atoms with Crippen molar-refractivity contribution >= 4 is 11.8 Å². The van der Waals surface area contributed by atoms with E-state index in [2.05, 4.69) is 15.2 Å². The highest BCUT2D eigenvalue weighted by Gasteiger charge is 2.08. The average molecular weight is 359 g/mol. The Morgan fingerprint density at radius 3 is 2.76 bits per heavy atom. The van der Waals surface area contributed by atoms with Crippen LogP contribution in [0.15, 0.2) is 47.6 Å². The normalized spacial score (nSPS) is 10.7. The highest BCUT2D eigenvalue weighted by molar-refractivity contribution is 7.98. The van der Waals surface area contributed by atoms with Crippen LogP contribution in [0.5, 0.6) is 11.5 Å². The predicted molar refractivity (Wildman–Crippen MR) is 94.4 cm³/mol. The van der Waals surface area contributed by atoms with Gasteiger partial charge in [0, 0.05) is 5.75 Å². The van der Waals surface area contributed by atoms with Crippen LogP contribution >= 0.6 is 11.8 Å². The van der Waals surface area contributed by atoms with Crippen LogP contribution in [0.25, 0.3) is 0 Å². The summed E-state index contributed by atoms with van der Waals surface area (Å²) in [6.45, 7) is 2.31. The van der Waals surface area contributed by atoms with Crippen LogP contribution < -0.4 is 9.47 Å². The number of benzene rings is 2. The molecule has 0 aliphatic carbocycles. The largest absolute Gasteiger partial charge is 0.494 e. The molecule has 0 aliphatic rings. The van der Waals surface area contributed by atoms with Crippen LogP contribution in [0.3, 0.4) is 0 Å². The third-order valence-electron chi connectivity index (χ3n) is 3.55. The second-order valence-electron chi connectivity index (χ2n) is 5.38. The number of aromatic amines is 1. The maximum absolute atomic E-state index is 13.7. The van der Waals surface area contributed by atoms with Crippen molar-refractivity contribution < 1.29 is 13.9 Å². The van der Waals surface area contributed by atoms with E-state index in [-0.39, 0.29) is 11.6 Å². The number of halogens is 1. The van der Waals surface area contributed by atoms with E-state index in [1.54, 1.807) is 6.07 Å². The minimum absolute atomic E-state index is 0.238. The van der Waals surface area contributed by atoms with Crippen molar-refractivity contribution in [2.75, 3.05) is 7.11 Å². The molecule has 1 aromatic heterocycles. The van der Waals surface area contributed by atoms with Crippen molar-refractivity contribution in [1.29, 1.82) is 0 Å². The lowest BCUT2D eigenvalue weighted by molar-refractivity contribution is 0.294. The first-order chi connectivity index (χ1) is 12.2. The number of aromatic nitrogens is 3. The summed E-state index contributed by atoms with van der Waals surface area (Å²) in [5.74, 6) is 1.90.